The Morgan fingerprint density at radius 3 is 2.65 bits per heavy atom. The summed E-state index contributed by atoms with van der Waals surface area (Å²) >= 11 is 3.05. The standard InChI is InChI=1S/C39H50FN7O4S2Si/c1-26-28-12-10-19-46(36(28)44-43-35(26)42-39-47(25-50-22-23-54(5,6)7)30-13-8-9-14-32(30)52-39)38-41-34(37(48)49-4)33(53-38)15-11-21-51-31-17-16-27(24-29(31)40)18-20-45(2)3/h8-9,13-14,16-17,24H,10-12,15,18-23,25H2,1-7H3. The normalized spacial score (nSPS) is 13.6. The fourth-order valence-electron chi connectivity index (χ4n) is 6.18. The van der Waals surface area contributed by atoms with E-state index in [0.717, 1.165) is 80.9 Å². The highest BCUT2D eigenvalue weighted by Gasteiger charge is 2.29. The van der Waals surface area contributed by atoms with Gasteiger partial charge in [0.2, 0.25) is 0 Å². The molecule has 2 aromatic carbocycles. The van der Waals surface area contributed by atoms with Gasteiger partial charge in [-0.1, -0.05) is 49.2 Å². The lowest BCUT2D eigenvalue weighted by molar-refractivity contribution is 0.0593. The molecule has 0 fully saturated rings. The molecule has 0 saturated heterocycles. The number of anilines is 2. The number of nitrogens with zero attached hydrogens (tertiary/aromatic N) is 7. The number of fused-ring (bicyclic) bond motifs is 2. The molecule has 54 heavy (non-hydrogen) atoms. The largest absolute Gasteiger partial charge is 0.491 e. The number of benzene rings is 2. The summed E-state index contributed by atoms with van der Waals surface area (Å²) < 4.78 is 35.1. The summed E-state index contributed by atoms with van der Waals surface area (Å²) in [6.45, 7) is 12.0. The number of ether oxygens (including phenoxy) is 3. The van der Waals surface area contributed by atoms with Crippen LogP contribution in [0.25, 0.3) is 10.2 Å². The molecule has 5 aromatic rings. The molecule has 0 spiro atoms. The number of rotatable bonds is 16. The third-order valence-corrected chi connectivity index (χ3v) is 13.2. The van der Waals surface area contributed by atoms with Crippen LogP contribution in [0.2, 0.25) is 25.7 Å². The van der Waals surface area contributed by atoms with Crippen LogP contribution in [0.15, 0.2) is 47.5 Å². The first-order valence-corrected chi connectivity index (χ1v) is 23.7. The number of carbonyl (C=O) groups is 1. The molecule has 0 atom stereocenters. The summed E-state index contributed by atoms with van der Waals surface area (Å²) in [7, 11) is 4.13. The summed E-state index contributed by atoms with van der Waals surface area (Å²) in [4.78, 5) is 28.4. The van der Waals surface area contributed by atoms with Crippen LogP contribution in [0.1, 0.15) is 44.9 Å². The number of esters is 1. The third-order valence-electron chi connectivity index (χ3n) is 9.31. The molecule has 3 aromatic heterocycles. The van der Waals surface area contributed by atoms with Crippen molar-refractivity contribution in [3.05, 3.63) is 80.3 Å². The van der Waals surface area contributed by atoms with E-state index in [0.29, 0.717) is 37.1 Å². The predicted molar refractivity (Wildman–Crippen MR) is 217 cm³/mol. The maximum Gasteiger partial charge on any atom is 0.357 e. The lowest BCUT2D eigenvalue weighted by atomic mass is 10.0. The molecule has 15 heteroatoms. The predicted octanol–water partition coefficient (Wildman–Crippen LogP) is 7.93. The number of methoxy groups -OCH3 is 1. The van der Waals surface area contributed by atoms with Crippen LogP contribution in [-0.2, 0) is 35.5 Å². The van der Waals surface area contributed by atoms with Gasteiger partial charge in [-0.15, -0.1) is 21.5 Å². The summed E-state index contributed by atoms with van der Waals surface area (Å²) in [5.74, 6) is 0.652. The first-order valence-electron chi connectivity index (χ1n) is 18.4. The van der Waals surface area contributed by atoms with Crippen LogP contribution < -0.4 is 14.4 Å². The van der Waals surface area contributed by atoms with E-state index in [1.54, 1.807) is 17.4 Å². The van der Waals surface area contributed by atoms with E-state index in [9.17, 15) is 9.18 Å². The van der Waals surface area contributed by atoms with Crippen molar-refractivity contribution in [2.75, 3.05) is 52.4 Å². The van der Waals surface area contributed by atoms with Crippen molar-refractivity contribution in [2.45, 2.75) is 71.4 Å². The molecule has 4 heterocycles. The first kappa shape index (κ1) is 39.7. The highest BCUT2D eigenvalue weighted by atomic mass is 32.1. The van der Waals surface area contributed by atoms with Gasteiger partial charge in [0.05, 0.1) is 23.9 Å². The second-order valence-electron chi connectivity index (χ2n) is 15.0. The van der Waals surface area contributed by atoms with Crippen molar-refractivity contribution < 1.29 is 23.4 Å². The minimum Gasteiger partial charge on any atom is -0.491 e. The van der Waals surface area contributed by atoms with Crippen LogP contribution in [0.3, 0.4) is 0 Å². The van der Waals surface area contributed by atoms with Gasteiger partial charge in [-0.25, -0.2) is 14.2 Å². The van der Waals surface area contributed by atoms with Crippen molar-refractivity contribution in [3.63, 3.8) is 0 Å². The zero-order valence-corrected chi connectivity index (χ0v) is 34.9. The Morgan fingerprint density at radius 2 is 1.89 bits per heavy atom. The lowest BCUT2D eigenvalue weighted by Crippen LogP contribution is -2.27. The Hall–Kier alpha value is -4.02. The first-order chi connectivity index (χ1) is 25.9. The number of thiazole rings is 2. The smallest absolute Gasteiger partial charge is 0.357 e. The average Bonchev–Trinajstić information content (AvgIpc) is 3.73. The number of aromatic nitrogens is 4. The molecule has 0 saturated carbocycles. The highest BCUT2D eigenvalue weighted by Crippen LogP contribution is 2.39. The minimum absolute atomic E-state index is 0.222. The number of aryl methyl sites for hydroxylation is 1. The summed E-state index contributed by atoms with van der Waals surface area (Å²) in [5.41, 5.74) is 4.31. The average molecular weight is 792 g/mol. The molecule has 288 valence electrons. The van der Waals surface area contributed by atoms with Crippen LogP contribution in [-0.4, -0.2) is 86.2 Å². The Balaban J connectivity index is 1.20. The molecule has 0 aliphatic carbocycles. The molecular formula is C39H50FN7O4S2Si. The maximum atomic E-state index is 14.8. The van der Waals surface area contributed by atoms with Crippen LogP contribution in [0.5, 0.6) is 5.75 Å². The van der Waals surface area contributed by atoms with Gasteiger partial charge in [0.15, 0.2) is 38.8 Å². The van der Waals surface area contributed by atoms with E-state index in [4.69, 9.17) is 29.3 Å². The van der Waals surface area contributed by atoms with Gasteiger partial charge in [-0.3, -0.25) is 4.57 Å². The number of hydrogen-bond donors (Lipinski definition) is 0. The molecule has 0 radical (unpaired) electrons. The van der Waals surface area contributed by atoms with Gasteiger partial charge in [0, 0.05) is 43.8 Å². The van der Waals surface area contributed by atoms with E-state index in [2.05, 4.69) is 46.3 Å². The minimum atomic E-state index is -1.22. The SMILES string of the molecule is COC(=O)c1nc(N2CCCc3c2nnc(N=c2sc4ccccc4n2COCC[Si](C)(C)C)c3C)sc1CCCOc1ccc(CCN(C)C)cc1F. The third kappa shape index (κ3) is 9.61. The van der Waals surface area contributed by atoms with Crippen molar-refractivity contribution in [2.24, 2.45) is 4.99 Å². The molecule has 1 aliphatic heterocycles. The molecule has 11 nitrogen and oxygen atoms in total. The maximum absolute atomic E-state index is 14.8. The van der Waals surface area contributed by atoms with Crippen LogP contribution in [0.4, 0.5) is 21.2 Å². The van der Waals surface area contributed by atoms with Gasteiger partial charge >= 0.3 is 5.97 Å². The Bertz CT molecular complexity index is 2160. The second kappa shape index (κ2) is 17.6. The van der Waals surface area contributed by atoms with Gasteiger partial charge < -0.3 is 24.0 Å². The van der Waals surface area contributed by atoms with Crippen LogP contribution in [0, 0.1) is 12.7 Å². The zero-order valence-electron chi connectivity index (χ0n) is 32.3. The molecule has 0 amide bonds. The van der Waals surface area contributed by atoms with E-state index < -0.39 is 14.0 Å². The van der Waals surface area contributed by atoms with Crippen molar-refractivity contribution in [3.8, 4) is 5.75 Å². The summed E-state index contributed by atoms with van der Waals surface area (Å²) in [6.07, 6.45) is 3.55. The zero-order chi connectivity index (χ0) is 38.4. The van der Waals surface area contributed by atoms with E-state index in [-0.39, 0.29) is 23.9 Å². The number of halogens is 1. The van der Waals surface area contributed by atoms with E-state index in [1.807, 2.05) is 44.1 Å². The molecule has 6 rings (SSSR count). The Labute approximate surface area is 325 Å². The molecule has 0 N–H and O–H groups in total. The Morgan fingerprint density at radius 1 is 1.07 bits per heavy atom. The molecule has 0 unspecified atom stereocenters. The number of likely N-dealkylation sites (N-methyl/N-ethyl adjacent to an activating group) is 1. The topological polar surface area (TPSA) is 107 Å². The summed E-state index contributed by atoms with van der Waals surface area (Å²) in [6, 6.07) is 14.5. The quantitative estimate of drug-likeness (QED) is 0.0560. The Kier molecular flexibility index (Phi) is 12.9. The van der Waals surface area contributed by atoms with Gasteiger partial charge in [-0.2, -0.15) is 4.99 Å². The second-order valence-corrected chi connectivity index (χ2v) is 22.7. The van der Waals surface area contributed by atoms with Gasteiger partial charge in [-0.05, 0) is 89.0 Å². The molecule has 1 aliphatic rings. The fourth-order valence-corrected chi connectivity index (χ4v) is 9.08. The highest BCUT2D eigenvalue weighted by molar-refractivity contribution is 7.16. The number of carbonyl (C=O) groups excluding carboxylic acids is 1. The van der Waals surface area contributed by atoms with Crippen molar-refractivity contribution >= 4 is 63.7 Å². The lowest BCUT2D eigenvalue weighted by Gasteiger charge is -2.28. The van der Waals surface area contributed by atoms with Gasteiger partial charge in [0.25, 0.3) is 0 Å². The molecule has 0 bridgehead atoms. The fraction of sp³-hybridized carbons (Fsp3) is 0.462. The number of para-hydroxylation sites is 1. The van der Waals surface area contributed by atoms with E-state index in [1.165, 1.54) is 24.5 Å². The van der Waals surface area contributed by atoms with Crippen LogP contribution >= 0.6 is 22.7 Å². The van der Waals surface area contributed by atoms with E-state index >= 15 is 0 Å². The van der Waals surface area contributed by atoms with Crippen molar-refractivity contribution in [1.29, 1.82) is 0 Å². The molecular weight excluding hydrogens is 742 g/mol. The van der Waals surface area contributed by atoms with Crippen molar-refractivity contribution in [1.82, 2.24) is 24.6 Å². The number of hydrogen-bond acceptors (Lipinski definition) is 12. The van der Waals surface area contributed by atoms with Gasteiger partial charge in [0.1, 0.15) is 6.73 Å². The summed E-state index contributed by atoms with van der Waals surface area (Å²) in [5, 5.41) is 10.0. The monoisotopic (exact) mass is 791 g/mol.